The molecular formula is C9H18BrNO2. The Bertz CT molecular complexity index is 162. The molecule has 0 spiro atoms. The van der Waals surface area contributed by atoms with Crippen LogP contribution in [0.25, 0.3) is 0 Å². The van der Waals surface area contributed by atoms with Gasteiger partial charge in [-0.15, -0.1) is 0 Å². The lowest BCUT2D eigenvalue weighted by molar-refractivity contribution is -0.131. The van der Waals surface area contributed by atoms with Crippen LogP contribution < -0.4 is 0 Å². The average molecular weight is 252 g/mol. The van der Waals surface area contributed by atoms with Crippen molar-refractivity contribution in [3.63, 3.8) is 0 Å². The number of nitrogens with zero attached hydrogens (tertiary/aromatic N) is 1. The van der Waals surface area contributed by atoms with Crippen LogP contribution in [0.2, 0.25) is 0 Å². The van der Waals surface area contributed by atoms with E-state index in [1.807, 2.05) is 20.8 Å². The number of rotatable bonds is 5. The molecule has 0 aliphatic heterocycles. The van der Waals surface area contributed by atoms with Crippen LogP contribution >= 0.6 is 15.9 Å². The molecule has 78 valence electrons. The Labute approximate surface area is 88.2 Å². The van der Waals surface area contributed by atoms with Gasteiger partial charge in [-0.25, -0.2) is 0 Å². The summed E-state index contributed by atoms with van der Waals surface area (Å²) in [6.07, 6.45) is 0. The molecule has 0 heterocycles. The Hall–Kier alpha value is -0.0900. The molecular weight excluding hydrogens is 234 g/mol. The third-order valence-electron chi connectivity index (χ3n) is 1.88. The van der Waals surface area contributed by atoms with E-state index in [2.05, 4.69) is 15.9 Å². The minimum Gasteiger partial charge on any atom is -0.395 e. The van der Waals surface area contributed by atoms with Crippen LogP contribution in [0.15, 0.2) is 0 Å². The molecule has 0 radical (unpaired) electrons. The van der Waals surface area contributed by atoms with Crippen molar-refractivity contribution in [3.05, 3.63) is 0 Å². The molecule has 0 rings (SSSR count). The monoisotopic (exact) mass is 251 g/mol. The topological polar surface area (TPSA) is 40.5 Å². The summed E-state index contributed by atoms with van der Waals surface area (Å²) in [6.45, 7) is 6.98. The average Bonchev–Trinajstić information content (AvgIpc) is 2.11. The first kappa shape index (κ1) is 12.9. The number of carbonyl (C=O) groups excluding carboxylic acids is 1. The zero-order chi connectivity index (χ0) is 10.4. The predicted molar refractivity (Wildman–Crippen MR) is 56.9 cm³/mol. The fraction of sp³-hybridized carbons (Fsp3) is 0.889. The first-order valence-corrected chi connectivity index (χ1v) is 5.49. The van der Waals surface area contributed by atoms with Crippen LogP contribution in [0.1, 0.15) is 20.8 Å². The van der Waals surface area contributed by atoms with Crippen molar-refractivity contribution in [2.45, 2.75) is 25.6 Å². The number of halogens is 1. The molecule has 1 unspecified atom stereocenters. The standard InChI is InChI=1S/C9H18BrNO2/c1-4-11(5-6-12)9(13)8(10)7(2)3/h7-8,12H,4-6H2,1-3H3. The van der Waals surface area contributed by atoms with Crippen LogP contribution in [0.5, 0.6) is 0 Å². The molecule has 0 aliphatic carbocycles. The fourth-order valence-electron chi connectivity index (χ4n) is 1.00. The summed E-state index contributed by atoms with van der Waals surface area (Å²) in [4.78, 5) is 13.2. The van der Waals surface area contributed by atoms with Gasteiger partial charge in [0, 0.05) is 13.1 Å². The molecule has 1 atom stereocenters. The van der Waals surface area contributed by atoms with E-state index in [1.165, 1.54) is 0 Å². The SMILES string of the molecule is CCN(CCO)C(=O)C(Br)C(C)C. The second kappa shape index (κ2) is 6.38. The number of aliphatic hydroxyl groups excluding tert-OH is 1. The fourth-order valence-corrected chi connectivity index (χ4v) is 1.29. The molecule has 0 aromatic rings. The summed E-state index contributed by atoms with van der Waals surface area (Å²) >= 11 is 3.35. The summed E-state index contributed by atoms with van der Waals surface area (Å²) in [5.74, 6) is 0.340. The van der Waals surface area contributed by atoms with Gasteiger partial charge in [0.15, 0.2) is 0 Å². The summed E-state index contributed by atoms with van der Waals surface area (Å²) < 4.78 is 0. The lowest BCUT2D eigenvalue weighted by Crippen LogP contribution is -2.40. The largest absolute Gasteiger partial charge is 0.395 e. The first-order valence-electron chi connectivity index (χ1n) is 4.58. The number of hydrogen-bond acceptors (Lipinski definition) is 2. The summed E-state index contributed by atoms with van der Waals surface area (Å²) in [5, 5.41) is 8.73. The third-order valence-corrected chi connectivity index (χ3v) is 3.33. The molecule has 13 heavy (non-hydrogen) atoms. The van der Waals surface area contributed by atoms with Gasteiger partial charge in [-0.1, -0.05) is 29.8 Å². The Balaban J connectivity index is 4.19. The van der Waals surface area contributed by atoms with Crippen molar-refractivity contribution in [2.24, 2.45) is 5.92 Å². The van der Waals surface area contributed by atoms with Crippen molar-refractivity contribution in [2.75, 3.05) is 19.7 Å². The number of carbonyl (C=O) groups is 1. The van der Waals surface area contributed by atoms with Crippen LogP contribution in [0.3, 0.4) is 0 Å². The van der Waals surface area contributed by atoms with E-state index in [9.17, 15) is 4.79 Å². The van der Waals surface area contributed by atoms with Gasteiger partial charge in [-0.05, 0) is 12.8 Å². The quantitative estimate of drug-likeness (QED) is 0.748. The molecule has 1 amide bonds. The van der Waals surface area contributed by atoms with Crippen LogP contribution in [-0.2, 0) is 4.79 Å². The molecule has 4 heteroatoms. The van der Waals surface area contributed by atoms with Crippen molar-refractivity contribution in [1.82, 2.24) is 4.90 Å². The maximum atomic E-state index is 11.7. The highest BCUT2D eigenvalue weighted by Gasteiger charge is 2.22. The summed E-state index contributed by atoms with van der Waals surface area (Å²) in [6, 6.07) is 0. The Morgan fingerprint density at radius 3 is 2.38 bits per heavy atom. The lowest BCUT2D eigenvalue weighted by atomic mass is 10.1. The maximum Gasteiger partial charge on any atom is 0.236 e. The third kappa shape index (κ3) is 4.09. The summed E-state index contributed by atoms with van der Waals surface area (Å²) in [7, 11) is 0. The Morgan fingerprint density at radius 1 is 1.54 bits per heavy atom. The van der Waals surface area contributed by atoms with Crippen molar-refractivity contribution in [3.8, 4) is 0 Å². The number of aliphatic hydroxyl groups is 1. The normalized spacial score (nSPS) is 13.1. The van der Waals surface area contributed by atoms with Gasteiger partial charge in [-0.2, -0.15) is 0 Å². The van der Waals surface area contributed by atoms with E-state index in [-0.39, 0.29) is 23.3 Å². The van der Waals surface area contributed by atoms with Crippen molar-refractivity contribution in [1.29, 1.82) is 0 Å². The predicted octanol–water partition coefficient (Wildman–Crippen LogP) is 1.25. The molecule has 0 aromatic heterocycles. The molecule has 0 aliphatic rings. The highest BCUT2D eigenvalue weighted by atomic mass is 79.9. The highest BCUT2D eigenvalue weighted by Crippen LogP contribution is 2.14. The van der Waals surface area contributed by atoms with Gasteiger partial charge in [0.2, 0.25) is 5.91 Å². The van der Waals surface area contributed by atoms with E-state index in [4.69, 9.17) is 5.11 Å². The molecule has 1 N–H and O–H groups in total. The molecule has 0 saturated carbocycles. The van der Waals surface area contributed by atoms with Gasteiger partial charge in [0.25, 0.3) is 0 Å². The second-order valence-electron chi connectivity index (χ2n) is 3.29. The van der Waals surface area contributed by atoms with Gasteiger partial charge in [0.1, 0.15) is 0 Å². The molecule has 0 saturated heterocycles. The molecule has 3 nitrogen and oxygen atoms in total. The van der Waals surface area contributed by atoms with Gasteiger partial charge in [0.05, 0.1) is 11.4 Å². The van der Waals surface area contributed by atoms with E-state index in [1.54, 1.807) is 4.90 Å². The Kier molecular flexibility index (Phi) is 6.33. The highest BCUT2D eigenvalue weighted by molar-refractivity contribution is 9.10. The number of hydrogen-bond donors (Lipinski definition) is 1. The lowest BCUT2D eigenvalue weighted by Gasteiger charge is -2.24. The van der Waals surface area contributed by atoms with Crippen molar-refractivity contribution >= 4 is 21.8 Å². The van der Waals surface area contributed by atoms with Crippen LogP contribution in [-0.4, -0.2) is 40.4 Å². The zero-order valence-electron chi connectivity index (χ0n) is 8.46. The van der Waals surface area contributed by atoms with E-state index in [0.717, 1.165) is 0 Å². The Morgan fingerprint density at radius 2 is 2.08 bits per heavy atom. The second-order valence-corrected chi connectivity index (χ2v) is 4.27. The van der Waals surface area contributed by atoms with E-state index >= 15 is 0 Å². The molecule has 0 fully saturated rings. The maximum absolute atomic E-state index is 11.7. The zero-order valence-corrected chi connectivity index (χ0v) is 10.0. The van der Waals surface area contributed by atoms with Gasteiger partial charge < -0.3 is 10.0 Å². The van der Waals surface area contributed by atoms with Crippen LogP contribution in [0, 0.1) is 5.92 Å². The summed E-state index contributed by atoms with van der Waals surface area (Å²) in [5.41, 5.74) is 0. The smallest absolute Gasteiger partial charge is 0.236 e. The van der Waals surface area contributed by atoms with Crippen molar-refractivity contribution < 1.29 is 9.90 Å². The van der Waals surface area contributed by atoms with Gasteiger partial charge >= 0.3 is 0 Å². The van der Waals surface area contributed by atoms with Crippen LogP contribution in [0.4, 0.5) is 0 Å². The van der Waals surface area contributed by atoms with E-state index < -0.39 is 0 Å². The molecule has 0 aromatic carbocycles. The molecule has 0 bridgehead atoms. The van der Waals surface area contributed by atoms with E-state index in [0.29, 0.717) is 13.1 Å². The van der Waals surface area contributed by atoms with Gasteiger partial charge in [-0.3, -0.25) is 4.79 Å². The first-order chi connectivity index (χ1) is 6.04. The minimum absolute atomic E-state index is 0.0252. The minimum atomic E-state index is -0.140. The number of amides is 1. The number of likely N-dealkylation sites (N-methyl/N-ethyl adjacent to an activating group) is 1. The number of alkyl halides is 1.